The molecule has 5 aromatic heterocycles. The maximum absolute atomic E-state index is 12.9. The summed E-state index contributed by atoms with van der Waals surface area (Å²) in [4.78, 5) is 152. The number of rotatable bonds is 10. The predicted molar refractivity (Wildman–Crippen MR) is 505 cm³/mol. The maximum atomic E-state index is 12.9. The molecule has 131 heavy (non-hydrogen) atoms. The summed E-state index contributed by atoms with van der Waals surface area (Å²) < 4.78 is 62.7. The number of allylic oxidation sites excluding steroid dienone is 4. The van der Waals surface area contributed by atoms with Crippen molar-refractivity contribution < 1.29 is 93.6 Å². The summed E-state index contributed by atoms with van der Waals surface area (Å²) in [6.07, 6.45) is -1.02. The SMILES string of the molecule is C=C(C)C.C=C(C)C.C=C(C)C.C=C(C)C.CC(=O)C(=O)OC1C2CC3C1OC(=O)C3C2C(=O)Oc1ccc2sc(=O)oc2c1.CC(=O)Oc1ccc2[nH]c(=O)oc2c1.CC(=O)Oc1ccc2sc(=O)oc2c1.O=C(Oc1ccc2[nH]c(=O)oc2c1)c1ccccc1.O=C(Oc1ccc2sc(=O)oc2c1)c1ccccc1.c1ccc2ccccc2c1.c1ccc2ccccc2c1. The second kappa shape index (κ2) is 47.9. The quantitative estimate of drug-likeness (QED) is 0.0556. The number of aromatic amines is 2. The van der Waals surface area contributed by atoms with E-state index in [1.54, 1.807) is 103 Å². The van der Waals surface area contributed by atoms with Crippen molar-refractivity contribution >= 4 is 156 Å². The van der Waals surface area contributed by atoms with Gasteiger partial charge in [-0.25, -0.2) is 38.4 Å². The van der Waals surface area contributed by atoms with Crippen molar-refractivity contribution in [2.24, 2.45) is 23.7 Å². The van der Waals surface area contributed by atoms with Crippen molar-refractivity contribution in [3.05, 3.63) is 359 Å². The van der Waals surface area contributed by atoms with Crippen LogP contribution < -0.4 is 50.0 Å². The van der Waals surface area contributed by atoms with Gasteiger partial charge in [0.25, 0.3) is 0 Å². The summed E-state index contributed by atoms with van der Waals surface area (Å²) in [7, 11) is 0. The Bertz CT molecular complexity index is 6610. The van der Waals surface area contributed by atoms with Crippen LogP contribution in [0.25, 0.3) is 74.6 Å². The van der Waals surface area contributed by atoms with Crippen LogP contribution >= 0.6 is 34.0 Å². The van der Waals surface area contributed by atoms with Gasteiger partial charge in [0.05, 0.1) is 48.1 Å². The molecule has 0 radical (unpaired) electrons. The number of ether oxygens (including phenoxy) is 7. The Morgan fingerprint density at radius 3 is 0.969 bits per heavy atom. The van der Waals surface area contributed by atoms with E-state index in [2.05, 4.69) is 133 Å². The molecule has 6 atom stereocenters. The van der Waals surface area contributed by atoms with E-state index in [1.165, 1.54) is 94.1 Å². The van der Waals surface area contributed by atoms with Crippen molar-refractivity contribution in [2.75, 3.05) is 0 Å². The van der Waals surface area contributed by atoms with E-state index >= 15 is 0 Å². The fourth-order valence-electron chi connectivity index (χ4n) is 12.7. The zero-order chi connectivity index (χ0) is 95.1. The highest BCUT2D eigenvalue weighted by Gasteiger charge is 2.70. The number of hydrogen-bond acceptors (Lipinski definition) is 28. The number of nitrogens with one attached hydrogen (secondary N) is 2. The number of esters is 7. The van der Waals surface area contributed by atoms with E-state index in [0.717, 1.165) is 50.3 Å². The molecule has 1 aliphatic heterocycles. The molecule has 27 nitrogen and oxygen atoms in total. The molecule has 2 bridgehead atoms. The summed E-state index contributed by atoms with van der Waals surface area (Å²) in [5, 5.41) is 5.24. The van der Waals surface area contributed by atoms with Crippen molar-refractivity contribution in [1.29, 1.82) is 0 Å². The molecule has 11 aromatic carbocycles. The third-order valence-corrected chi connectivity index (χ3v) is 20.0. The van der Waals surface area contributed by atoms with Gasteiger partial charge in [-0.05, 0) is 168 Å². The molecule has 3 fully saturated rings. The van der Waals surface area contributed by atoms with E-state index < -0.39 is 94.0 Å². The Hall–Kier alpha value is -15.5. The zero-order valence-corrected chi connectivity index (χ0v) is 75.6. The smallest absolute Gasteiger partial charge is 0.417 e. The van der Waals surface area contributed by atoms with Gasteiger partial charge < -0.3 is 55.2 Å². The van der Waals surface area contributed by atoms with Gasteiger partial charge in [0.2, 0.25) is 5.78 Å². The minimum atomic E-state index is -1.02. The predicted octanol–water partition coefficient (Wildman–Crippen LogP) is 21.3. The molecule has 0 amide bonds. The van der Waals surface area contributed by atoms with E-state index in [-0.39, 0.29) is 21.5 Å². The molecule has 6 unspecified atom stereocenters. The van der Waals surface area contributed by atoms with Gasteiger partial charge in [-0.3, -0.25) is 33.9 Å². The van der Waals surface area contributed by atoms with Gasteiger partial charge in [0.15, 0.2) is 27.9 Å². The van der Waals surface area contributed by atoms with Crippen molar-refractivity contribution in [3.8, 4) is 28.7 Å². The van der Waals surface area contributed by atoms with Crippen LogP contribution in [-0.2, 0) is 38.2 Å². The number of benzene rings is 11. The van der Waals surface area contributed by atoms with Gasteiger partial charge in [0.1, 0.15) is 41.0 Å². The van der Waals surface area contributed by atoms with Crippen LogP contribution in [0.2, 0.25) is 0 Å². The number of aromatic nitrogens is 2. The van der Waals surface area contributed by atoms with Gasteiger partial charge in [0, 0.05) is 62.9 Å². The Labute approximate surface area is 761 Å². The first-order valence-corrected chi connectivity index (χ1v) is 42.7. The van der Waals surface area contributed by atoms with Crippen LogP contribution in [0, 0.1) is 23.7 Å². The third-order valence-electron chi connectivity index (χ3n) is 17.5. The molecule has 30 heteroatoms. The third kappa shape index (κ3) is 30.6. The lowest BCUT2D eigenvalue weighted by Gasteiger charge is -2.29. The lowest BCUT2D eigenvalue weighted by molar-refractivity contribution is -0.167. The first kappa shape index (κ1) is 99.2. The van der Waals surface area contributed by atoms with E-state index in [1.807, 2.05) is 67.5 Å². The van der Waals surface area contributed by atoms with Crippen LogP contribution in [0.3, 0.4) is 0 Å². The lowest BCUT2D eigenvalue weighted by Crippen LogP contribution is -2.44. The molecule has 19 rings (SSSR count). The van der Waals surface area contributed by atoms with Crippen LogP contribution in [0.4, 0.5) is 0 Å². The lowest BCUT2D eigenvalue weighted by atomic mass is 9.78. The summed E-state index contributed by atoms with van der Waals surface area (Å²) in [5.41, 5.74) is 8.61. The van der Waals surface area contributed by atoms with Gasteiger partial charge >= 0.3 is 68.1 Å². The fourth-order valence-corrected chi connectivity index (χ4v) is 14.6. The number of ketones is 1. The molecule has 3 aliphatic rings. The number of Topliss-reactive ketones (excluding diaryl/α,β-unsaturated/α-hetero) is 1. The molecule has 2 aliphatic carbocycles. The normalized spacial score (nSPS) is 14.6. The summed E-state index contributed by atoms with van der Waals surface area (Å²) in [5.74, 6) is -6.41. The number of H-pyrrole nitrogens is 2. The minimum absolute atomic E-state index is 0.173. The van der Waals surface area contributed by atoms with Crippen LogP contribution in [0.1, 0.15) is 103 Å². The Morgan fingerprint density at radius 1 is 0.351 bits per heavy atom. The van der Waals surface area contributed by atoms with Crippen molar-refractivity contribution in [2.45, 2.75) is 94.8 Å². The zero-order valence-electron chi connectivity index (χ0n) is 73.1. The maximum Gasteiger partial charge on any atom is 0.417 e. The highest BCUT2D eigenvalue weighted by Crippen LogP contribution is 2.59. The summed E-state index contributed by atoms with van der Waals surface area (Å²) >= 11 is 2.96. The first-order valence-electron chi connectivity index (χ1n) is 40.2. The molecule has 2 saturated carbocycles. The number of carbonyl (C=O) groups is 8. The van der Waals surface area contributed by atoms with Crippen molar-refractivity contribution in [1.82, 2.24) is 9.97 Å². The fraction of sp³-hybridized carbons (Fsp3) is 0.178. The number of hydrogen-bond donors (Lipinski definition) is 2. The second-order valence-corrected chi connectivity index (χ2v) is 33.0. The summed E-state index contributed by atoms with van der Waals surface area (Å²) in [6, 6.07) is 74.4. The number of fused-ring (bicyclic) bond motifs is 8. The Morgan fingerprint density at radius 2 is 0.649 bits per heavy atom. The van der Waals surface area contributed by atoms with Crippen LogP contribution in [0.5, 0.6) is 28.7 Å². The van der Waals surface area contributed by atoms with Crippen LogP contribution in [-0.4, -0.2) is 69.7 Å². The van der Waals surface area contributed by atoms with E-state index in [4.69, 9.17) is 55.2 Å². The van der Waals surface area contributed by atoms with E-state index in [9.17, 15) is 62.3 Å². The minimum Gasteiger partial charge on any atom is -0.458 e. The van der Waals surface area contributed by atoms with Crippen molar-refractivity contribution in [3.63, 3.8) is 0 Å². The number of oxazole rings is 2. The Kier molecular flexibility index (Phi) is 36.3. The Balaban J connectivity index is 0.000000171. The topological polar surface area (TPSA) is 384 Å². The highest BCUT2D eigenvalue weighted by molar-refractivity contribution is 7.16. The molecular formula is C101H92N2O25S3. The molecule has 674 valence electrons. The first-order chi connectivity index (χ1) is 62.4. The highest BCUT2D eigenvalue weighted by atomic mass is 32.1. The molecule has 0 spiro atoms. The average Bonchev–Trinajstić information content (AvgIpc) is 1.54. The molecule has 2 N–H and O–H groups in total. The molecule has 6 heterocycles. The average molecular weight is 1830 g/mol. The molecular weight excluding hydrogens is 1740 g/mol. The largest absolute Gasteiger partial charge is 0.458 e. The summed E-state index contributed by atoms with van der Waals surface area (Å²) in [6.45, 7) is 33.7. The van der Waals surface area contributed by atoms with Crippen LogP contribution in [0.15, 0.2) is 343 Å². The molecule has 16 aromatic rings. The number of carbonyl (C=O) groups excluding carboxylic acids is 8. The van der Waals surface area contributed by atoms with Gasteiger partial charge in [-0.15, -0.1) is 26.3 Å². The molecule has 1 saturated heterocycles. The second-order valence-electron chi connectivity index (χ2n) is 30.1. The van der Waals surface area contributed by atoms with E-state index in [0.29, 0.717) is 84.2 Å². The standard InChI is InChI=1S/C19H14O9S.C14H9NO4.C14H8O4S.2C10H8.C9H7NO4.C9H6O4S.4C4H8/c1-6(20)16(21)27-14-8-5-9-13(18(23)28-15(9)14)12(8)17(22)25-7-2-3-11-10(4-7)26-19(24)29-11;16-13(9-4-2-1-3-5-9)18-10-6-7-11-12(8-10)19-14(17)15-11;15-13(9-4-2-1-3-5-9)17-10-6-7-12-11(8-10)18-14(16)19-12;2*1-2-6-10-8-4-3-7-9(10)5-1;1-5(11)13-6-2-3-7-8(4-6)14-9(12)10-7;1-5(10)12-6-2-3-8-7(4-6)13-9(11)14-8;4*1-4(2)3/h2-4,8-9,12-15H,5H2,1H3;1-8H,(H,15,17);1-8H;2*1-8H;2-4H,1H3,(H,10,12);2-4H,1H3;4*1H2,2-3H3. The van der Waals surface area contributed by atoms with Gasteiger partial charge in [-0.1, -0.05) is 190 Å². The monoisotopic (exact) mass is 1830 g/mol. The van der Waals surface area contributed by atoms with Gasteiger partial charge in [-0.2, -0.15) is 0 Å².